The third-order valence-electron chi connectivity index (χ3n) is 3.98. The standard InChI is InChI=1S/C21H15ClN2O4/c1-3-9-28-16-6-4-5-14(10-16)11-17-13(2)23-24(20(17)25)15-7-8-19(22)18(12-15)21(26)27/h1,4-8,10-12H,9H2,2H3,(H,26,27)/b17-11-. The Labute approximate surface area is 166 Å². The Bertz CT molecular complexity index is 1070. The van der Waals surface area contributed by atoms with Gasteiger partial charge in [0.25, 0.3) is 5.91 Å². The van der Waals surface area contributed by atoms with E-state index in [0.29, 0.717) is 22.7 Å². The van der Waals surface area contributed by atoms with Gasteiger partial charge in [0, 0.05) is 0 Å². The number of carbonyl (C=O) groups excluding carboxylic acids is 1. The van der Waals surface area contributed by atoms with Crippen LogP contribution >= 0.6 is 11.6 Å². The molecule has 7 heteroatoms. The van der Waals surface area contributed by atoms with Gasteiger partial charge < -0.3 is 9.84 Å². The zero-order valence-electron chi connectivity index (χ0n) is 14.8. The number of hydrazone groups is 1. The summed E-state index contributed by atoms with van der Waals surface area (Å²) in [6, 6.07) is 11.4. The van der Waals surface area contributed by atoms with Crippen LogP contribution in [0.2, 0.25) is 5.02 Å². The highest BCUT2D eigenvalue weighted by molar-refractivity contribution is 6.34. The van der Waals surface area contributed by atoms with Gasteiger partial charge in [0.2, 0.25) is 0 Å². The van der Waals surface area contributed by atoms with Crippen LogP contribution in [-0.4, -0.2) is 29.3 Å². The van der Waals surface area contributed by atoms with E-state index in [2.05, 4.69) is 11.0 Å². The Morgan fingerprint density at radius 2 is 2.14 bits per heavy atom. The molecule has 140 valence electrons. The van der Waals surface area contributed by atoms with Crippen molar-refractivity contribution in [2.45, 2.75) is 6.92 Å². The van der Waals surface area contributed by atoms with Crippen molar-refractivity contribution in [3.63, 3.8) is 0 Å². The maximum atomic E-state index is 12.8. The first-order valence-electron chi connectivity index (χ1n) is 8.21. The van der Waals surface area contributed by atoms with Gasteiger partial charge >= 0.3 is 5.97 Å². The molecule has 0 fully saturated rings. The highest BCUT2D eigenvalue weighted by atomic mass is 35.5. The molecule has 1 N–H and O–H groups in total. The van der Waals surface area contributed by atoms with Gasteiger partial charge in [-0.05, 0) is 48.9 Å². The molecular formula is C21H15ClN2O4. The van der Waals surface area contributed by atoms with E-state index in [1.165, 1.54) is 12.1 Å². The van der Waals surface area contributed by atoms with Crippen molar-refractivity contribution in [1.29, 1.82) is 0 Å². The third-order valence-corrected chi connectivity index (χ3v) is 4.31. The number of hydrogen-bond acceptors (Lipinski definition) is 4. The maximum Gasteiger partial charge on any atom is 0.337 e. The molecule has 0 atom stereocenters. The lowest BCUT2D eigenvalue weighted by Crippen LogP contribution is -2.21. The molecule has 0 bridgehead atoms. The summed E-state index contributed by atoms with van der Waals surface area (Å²) in [7, 11) is 0. The Morgan fingerprint density at radius 3 is 2.86 bits per heavy atom. The summed E-state index contributed by atoms with van der Waals surface area (Å²) in [6.07, 6.45) is 6.89. The van der Waals surface area contributed by atoms with Gasteiger partial charge in [-0.1, -0.05) is 29.7 Å². The molecule has 0 unspecified atom stereocenters. The normalized spacial score (nSPS) is 14.8. The average molecular weight is 395 g/mol. The van der Waals surface area contributed by atoms with E-state index in [-0.39, 0.29) is 23.1 Å². The Hall–Kier alpha value is -3.56. The first-order chi connectivity index (χ1) is 13.4. The molecule has 0 saturated heterocycles. The molecule has 0 aromatic heterocycles. The second-order valence-corrected chi connectivity index (χ2v) is 6.30. The molecule has 1 aliphatic rings. The fourth-order valence-corrected chi connectivity index (χ4v) is 2.85. The number of amides is 1. The van der Waals surface area contributed by atoms with E-state index in [1.54, 1.807) is 37.3 Å². The van der Waals surface area contributed by atoms with Crippen molar-refractivity contribution in [2.75, 3.05) is 11.6 Å². The molecule has 0 radical (unpaired) electrons. The molecule has 0 aliphatic carbocycles. The minimum absolute atomic E-state index is 0.0862. The Morgan fingerprint density at radius 1 is 1.36 bits per heavy atom. The van der Waals surface area contributed by atoms with Crippen LogP contribution in [0.3, 0.4) is 0 Å². The number of aromatic carboxylic acids is 1. The topological polar surface area (TPSA) is 79.2 Å². The monoisotopic (exact) mass is 394 g/mol. The largest absolute Gasteiger partial charge is 0.481 e. The van der Waals surface area contributed by atoms with Gasteiger partial charge in [0.15, 0.2) is 0 Å². The molecule has 2 aromatic rings. The number of hydrogen-bond donors (Lipinski definition) is 1. The van der Waals surface area contributed by atoms with E-state index in [4.69, 9.17) is 22.8 Å². The summed E-state index contributed by atoms with van der Waals surface area (Å²) < 4.78 is 5.39. The Balaban J connectivity index is 1.91. The minimum atomic E-state index is -1.18. The van der Waals surface area contributed by atoms with Crippen LogP contribution in [0.15, 0.2) is 53.1 Å². The molecule has 1 heterocycles. The van der Waals surface area contributed by atoms with Gasteiger partial charge in [-0.2, -0.15) is 10.1 Å². The number of halogens is 1. The van der Waals surface area contributed by atoms with E-state index >= 15 is 0 Å². The highest BCUT2D eigenvalue weighted by Gasteiger charge is 2.29. The summed E-state index contributed by atoms with van der Waals surface area (Å²) in [5.74, 6) is 1.43. The number of carboxylic acid groups (broad SMARTS) is 1. The predicted molar refractivity (Wildman–Crippen MR) is 108 cm³/mol. The number of nitrogens with zero attached hydrogens (tertiary/aromatic N) is 2. The zero-order chi connectivity index (χ0) is 20.3. The number of carboxylic acids is 1. The van der Waals surface area contributed by atoms with Crippen LogP contribution in [0.5, 0.6) is 5.75 Å². The Kier molecular flexibility index (Phi) is 5.48. The quantitative estimate of drug-likeness (QED) is 0.617. The average Bonchev–Trinajstić information content (AvgIpc) is 2.95. The number of terminal acetylenes is 1. The van der Waals surface area contributed by atoms with Gasteiger partial charge in [0.1, 0.15) is 12.4 Å². The second kappa shape index (κ2) is 7.99. The smallest absolute Gasteiger partial charge is 0.337 e. The molecule has 3 rings (SSSR count). The third kappa shape index (κ3) is 3.90. The van der Waals surface area contributed by atoms with Crippen molar-refractivity contribution in [2.24, 2.45) is 5.10 Å². The number of ether oxygens (including phenoxy) is 1. The summed E-state index contributed by atoms with van der Waals surface area (Å²) in [4.78, 5) is 24.1. The molecule has 1 amide bonds. The van der Waals surface area contributed by atoms with Gasteiger partial charge in [-0.25, -0.2) is 4.79 Å². The number of benzene rings is 2. The highest BCUT2D eigenvalue weighted by Crippen LogP contribution is 2.29. The van der Waals surface area contributed by atoms with Crippen molar-refractivity contribution in [1.82, 2.24) is 0 Å². The molecule has 1 aliphatic heterocycles. The molecule has 2 aromatic carbocycles. The lowest BCUT2D eigenvalue weighted by molar-refractivity contribution is -0.114. The number of carbonyl (C=O) groups is 2. The summed E-state index contributed by atoms with van der Waals surface area (Å²) in [5.41, 5.74) is 1.86. The van der Waals surface area contributed by atoms with E-state index in [9.17, 15) is 14.7 Å². The molecule has 0 spiro atoms. The van der Waals surface area contributed by atoms with Gasteiger partial charge in [0.05, 0.1) is 27.6 Å². The maximum absolute atomic E-state index is 12.8. The summed E-state index contributed by atoms with van der Waals surface area (Å²) in [6.45, 7) is 1.85. The number of anilines is 1. The first kappa shape index (κ1) is 19.2. The van der Waals surface area contributed by atoms with Crippen molar-refractivity contribution >= 4 is 41.0 Å². The second-order valence-electron chi connectivity index (χ2n) is 5.89. The molecular weight excluding hydrogens is 380 g/mol. The van der Waals surface area contributed by atoms with Crippen LogP contribution in [0.1, 0.15) is 22.8 Å². The van der Waals surface area contributed by atoms with Gasteiger partial charge in [-0.3, -0.25) is 4.79 Å². The van der Waals surface area contributed by atoms with E-state index in [0.717, 1.165) is 10.6 Å². The van der Waals surface area contributed by atoms with Crippen molar-refractivity contribution in [3.8, 4) is 18.1 Å². The van der Waals surface area contributed by atoms with Crippen molar-refractivity contribution < 1.29 is 19.4 Å². The molecule has 28 heavy (non-hydrogen) atoms. The van der Waals surface area contributed by atoms with Crippen LogP contribution in [0.25, 0.3) is 6.08 Å². The SMILES string of the molecule is C#CCOc1cccc(/C=C2\C(=O)N(c3ccc(Cl)c(C(=O)O)c3)N=C2C)c1. The fourth-order valence-electron chi connectivity index (χ4n) is 2.65. The van der Waals surface area contributed by atoms with Crippen molar-refractivity contribution in [3.05, 3.63) is 64.2 Å². The van der Waals surface area contributed by atoms with E-state index in [1.807, 2.05) is 6.07 Å². The minimum Gasteiger partial charge on any atom is -0.481 e. The molecule has 6 nitrogen and oxygen atoms in total. The molecule has 0 saturated carbocycles. The van der Waals surface area contributed by atoms with Crippen LogP contribution < -0.4 is 9.75 Å². The van der Waals surface area contributed by atoms with E-state index < -0.39 is 5.97 Å². The van der Waals surface area contributed by atoms with Gasteiger partial charge in [-0.15, -0.1) is 6.42 Å². The lowest BCUT2D eigenvalue weighted by atomic mass is 10.1. The predicted octanol–water partition coefficient (Wildman–Crippen LogP) is 3.86. The fraction of sp³-hybridized carbons (Fsp3) is 0.0952. The summed E-state index contributed by atoms with van der Waals surface area (Å²) in [5, 5.41) is 14.7. The number of rotatable bonds is 5. The zero-order valence-corrected chi connectivity index (χ0v) is 15.6. The first-order valence-corrected chi connectivity index (χ1v) is 8.59. The van der Waals surface area contributed by atoms with Crippen LogP contribution in [0, 0.1) is 12.3 Å². The lowest BCUT2D eigenvalue weighted by Gasteiger charge is -2.13. The summed E-state index contributed by atoms with van der Waals surface area (Å²) >= 11 is 5.89. The van der Waals surface area contributed by atoms with Crippen LogP contribution in [0.4, 0.5) is 5.69 Å². The van der Waals surface area contributed by atoms with Crippen LogP contribution in [-0.2, 0) is 4.79 Å².